The van der Waals surface area contributed by atoms with Gasteiger partial charge in [-0.05, 0) is 74.9 Å². The summed E-state index contributed by atoms with van der Waals surface area (Å²) in [5, 5.41) is 9.26. The van der Waals surface area contributed by atoms with Crippen molar-refractivity contribution in [1.29, 1.82) is 0 Å². The number of hydrogen-bond acceptors (Lipinski definition) is 1. The molecule has 1 aliphatic carbocycles. The van der Waals surface area contributed by atoms with Crippen molar-refractivity contribution in [3.63, 3.8) is 0 Å². The van der Waals surface area contributed by atoms with Crippen molar-refractivity contribution in [3.8, 4) is 0 Å². The van der Waals surface area contributed by atoms with E-state index in [1.54, 1.807) is 0 Å². The van der Waals surface area contributed by atoms with Crippen LogP contribution in [0.1, 0.15) is 105 Å². The summed E-state index contributed by atoms with van der Waals surface area (Å²) in [6, 6.07) is 0. The molecule has 0 radical (unpaired) electrons. The van der Waals surface area contributed by atoms with Gasteiger partial charge in [-0.1, -0.05) is 71.3 Å². The van der Waals surface area contributed by atoms with Crippen molar-refractivity contribution in [1.82, 2.24) is 0 Å². The molecule has 0 aromatic heterocycles. The molecule has 0 saturated heterocycles. The van der Waals surface area contributed by atoms with Gasteiger partial charge < -0.3 is 5.11 Å². The van der Waals surface area contributed by atoms with Gasteiger partial charge in [0.15, 0.2) is 0 Å². The van der Waals surface area contributed by atoms with E-state index in [1.165, 1.54) is 36.8 Å². The van der Waals surface area contributed by atoms with Crippen LogP contribution in [0.3, 0.4) is 0 Å². The predicted molar refractivity (Wildman–Crippen MR) is 117 cm³/mol. The highest BCUT2D eigenvalue weighted by atomic mass is 16.4. The molecule has 1 saturated carbocycles. The van der Waals surface area contributed by atoms with Crippen LogP contribution >= 0.6 is 0 Å². The van der Waals surface area contributed by atoms with E-state index in [0.717, 1.165) is 51.4 Å². The Labute approximate surface area is 167 Å². The predicted octanol–water partition coefficient (Wildman–Crippen LogP) is 7.86. The highest BCUT2D eigenvalue weighted by Crippen LogP contribution is 2.50. The Kier molecular flexibility index (Phi) is 10.1. The third-order valence-corrected chi connectivity index (χ3v) is 5.81. The highest BCUT2D eigenvalue weighted by molar-refractivity contribution is 5.77. The maximum absolute atomic E-state index is 11.2. The Morgan fingerprint density at radius 3 is 2.07 bits per heavy atom. The topological polar surface area (TPSA) is 37.3 Å². The number of carboxylic acid groups (broad SMARTS) is 1. The molecule has 0 bridgehead atoms. The maximum Gasteiger partial charge on any atom is 0.309 e. The van der Waals surface area contributed by atoms with Crippen LogP contribution in [0.5, 0.6) is 0 Å². The molecule has 1 fully saturated rings. The van der Waals surface area contributed by atoms with Gasteiger partial charge >= 0.3 is 5.97 Å². The minimum Gasteiger partial charge on any atom is -0.481 e. The summed E-state index contributed by atoms with van der Waals surface area (Å²) in [6.45, 7) is 13.1. The van der Waals surface area contributed by atoms with Gasteiger partial charge in [-0.25, -0.2) is 0 Å². The number of aliphatic carboxylic acids is 1. The number of carbonyl (C=O) groups is 1. The normalized spacial score (nSPS) is 17.0. The molecule has 0 aliphatic heterocycles. The monoisotopic (exact) mass is 374 g/mol. The van der Waals surface area contributed by atoms with Crippen molar-refractivity contribution in [2.75, 3.05) is 0 Å². The first-order chi connectivity index (χ1) is 12.7. The van der Waals surface area contributed by atoms with Gasteiger partial charge in [0.2, 0.25) is 0 Å². The fourth-order valence-electron chi connectivity index (χ4n) is 3.77. The lowest BCUT2D eigenvalue weighted by Gasteiger charge is -2.17. The third-order valence-electron chi connectivity index (χ3n) is 5.81. The molecule has 0 amide bonds. The van der Waals surface area contributed by atoms with Crippen molar-refractivity contribution < 1.29 is 9.90 Å². The van der Waals surface area contributed by atoms with Gasteiger partial charge in [-0.15, -0.1) is 0 Å². The summed E-state index contributed by atoms with van der Waals surface area (Å²) in [6.07, 6.45) is 19.6. The van der Waals surface area contributed by atoms with Gasteiger partial charge in [0.1, 0.15) is 0 Å². The summed E-state index contributed by atoms with van der Waals surface area (Å²) in [5.74, 6) is -0.586. The van der Waals surface area contributed by atoms with Crippen LogP contribution < -0.4 is 0 Å². The number of rotatable bonds is 14. The second-order valence-electron chi connectivity index (χ2n) is 9.52. The zero-order valence-corrected chi connectivity index (χ0v) is 18.3. The van der Waals surface area contributed by atoms with Crippen LogP contribution in [0.2, 0.25) is 0 Å². The lowest BCUT2D eigenvalue weighted by molar-refractivity contribution is -0.143. The second-order valence-corrected chi connectivity index (χ2v) is 9.52. The molecule has 2 heteroatoms. The average molecular weight is 375 g/mol. The average Bonchev–Trinajstić information content (AvgIpc) is 3.37. The van der Waals surface area contributed by atoms with E-state index in [1.807, 2.05) is 6.08 Å². The quantitative estimate of drug-likeness (QED) is 0.248. The Morgan fingerprint density at radius 1 is 1.00 bits per heavy atom. The van der Waals surface area contributed by atoms with Crippen LogP contribution in [0.4, 0.5) is 0 Å². The molecule has 0 heterocycles. The Balaban J connectivity index is 2.38. The molecule has 1 aliphatic rings. The van der Waals surface area contributed by atoms with Gasteiger partial charge in [-0.2, -0.15) is 0 Å². The summed E-state index contributed by atoms with van der Waals surface area (Å²) >= 11 is 0. The molecule has 0 unspecified atom stereocenters. The highest BCUT2D eigenvalue weighted by Gasteiger charge is 2.49. The van der Waals surface area contributed by atoms with E-state index < -0.39 is 5.97 Å². The van der Waals surface area contributed by atoms with Gasteiger partial charge in [0.25, 0.3) is 0 Å². The molecule has 0 spiro atoms. The molecule has 154 valence electrons. The number of unbranched alkanes of at least 4 members (excludes halogenated alkanes) is 4. The first kappa shape index (κ1) is 23.7. The minimum atomic E-state index is -0.586. The van der Waals surface area contributed by atoms with E-state index in [-0.39, 0.29) is 5.41 Å². The lowest BCUT2D eigenvalue weighted by atomic mass is 9.89. The fourth-order valence-corrected chi connectivity index (χ4v) is 3.77. The zero-order chi connectivity index (χ0) is 20.3. The van der Waals surface area contributed by atoms with Crippen LogP contribution in [0.15, 0.2) is 36.0 Å². The first-order valence-corrected chi connectivity index (χ1v) is 10.9. The molecule has 27 heavy (non-hydrogen) atoms. The summed E-state index contributed by atoms with van der Waals surface area (Å²) in [5.41, 5.74) is 2.89. The molecule has 0 aromatic rings. The van der Waals surface area contributed by atoms with Crippen LogP contribution in [0, 0.1) is 10.8 Å². The molecule has 1 N–H and O–H groups in total. The van der Waals surface area contributed by atoms with Crippen molar-refractivity contribution in [2.45, 2.75) is 105 Å². The zero-order valence-electron chi connectivity index (χ0n) is 18.3. The molecule has 2 nitrogen and oxygen atoms in total. The summed E-state index contributed by atoms with van der Waals surface area (Å²) < 4.78 is 0. The van der Waals surface area contributed by atoms with Gasteiger partial charge in [-0.3, -0.25) is 4.79 Å². The summed E-state index contributed by atoms with van der Waals surface area (Å²) in [4.78, 5) is 11.2. The Hall–Kier alpha value is -1.31. The molecule has 1 rings (SSSR count). The number of hydrogen-bond donors (Lipinski definition) is 1. The largest absolute Gasteiger partial charge is 0.481 e. The maximum atomic E-state index is 11.2. The van der Waals surface area contributed by atoms with E-state index >= 15 is 0 Å². The standard InChI is InChI=1S/C25H42O2/c1-6-14-22(16-11-9-13-18-25(19-20-25)23(26)27)21(7-2)15-10-8-12-17-24(3,4)5/h6-7,14H,2,8-13,15-20H2,1,3-5H3,(H,26,27)/b14-6-,22-21-. The van der Waals surface area contributed by atoms with Gasteiger partial charge in [0, 0.05) is 0 Å². The Bertz CT molecular complexity index is 527. The second kappa shape index (κ2) is 11.5. The van der Waals surface area contributed by atoms with Crippen molar-refractivity contribution in [3.05, 3.63) is 36.0 Å². The Morgan fingerprint density at radius 2 is 1.59 bits per heavy atom. The van der Waals surface area contributed by atoms with Crippen molar-refractivity contribution in [2.24, 2.45) is 10.8 Å². The number of allylic oxidation sites excluding steroid dienone is 5. The van der Waals surface area contributed by atoms with Crippen LogP contribution in [-0.2, 0) is 4.79 Å². The fraction of sp³-hybridized carbons (Fsp3) is 0.720. The first-order valence-electron chi connectivity index (χ1n) is 10.9. The van der Waals surface area contributed by atoms with E-state index in [9.17, 15) is 9.90 Å². The number of carboxylic acids is 1. The molecule has 0 aromatic carbocycles. The molecular weight excluding hydrogens is 332 g/mol. The van der Waals surface area contributed by atoms with Crippen LogP contribution in [0.25, 0.3) is 0 Å². The van der Waals surface area contributed by atoms with Crippen molar-refractivity contribution >= 4 is 5.97 Å². The lowest BCUT2D eigenvalue weighted by Crippen LogP contribution is -2.14. The smallest absolute Gasteiger partial charge is 0.309 e. The van der Waals surface area contributed by atoms with Gasteiger partial charge in [0.05, 0.1) is 5.41 Å². The third kappa shape index (κ3) is 9.44. The summed E-state index contributed by atoms with van der Waals surface area (Å²) in [7, 11) is 0. The van der Waals surface area contributed by atoms with Crippen LogP contribution in [-0.4, -0.2) is 11.1 Å². The molecule has 0 atom stereocenters. The van der Waals surface area contributed by atoms with E-state index in [4.69, 9.17) is 0 Å². The van der Waals surface area contributed by atoms with E-state index in [0.29, 0.717) is 5.41 Å². The SMILES string of the molecule is C=C/C(CCCCCC(C)(C)C)=C(\C=C/C)CCCCCC1(C(=O)O)CC1. The molecular formula is C25H42O2. The van der Waals surface area contributed by atoms with E-state index in [2.05, 4.69) is 46.4 Å². The minimum absolute atomic E-state index is 0.360.